The Morgan fingerprint density at radius 2 is 1.97 bits per heavy atom. The number of rotatable bonds is 4. The van der Waals surface area contributed by atoms with Crippen molar-refractivity contribution in [2.45, 2.75) is 19.5 Å². The van der Waals surface area contributed by atoms with Crippen LogP contribution in [0, 0.1) is 0 Å². The van der Waals surface area contributed by atoms with E-state index in [1.54, 1.807) is 23.7 Å². The third kappa shape index (κ3) is 3.94. The first-order valence-corrected chi connectivity index (χ1v) is 10.9. The third-order valence-corrected chi connectivity index (χ3v) is 6.62. The van der Waals surface area contributed by atoms with E-state index >= 15 is 0 Å². The zero-order chi connectivity index (χ0) is 20.5. The maximum absolute atomic E-state index is 12.7. The van der Waals surface area contributed by atoms with Crippen molar-refractivity contribution in [1.29, 1.82) is 0 Å². The van der Waals surface area contributed by atoms with Gasteiger partial charge in [0.1, 0.15) is 5.82 Å². The van der Waals surface area contributed by atoms with Crippen molar-refractivity contribution < 1.29 is 0 Å². The number of nitrogens with one attached hydrogen (secondary N) is 1. The Hall–Kier alpha value is -2.80. The fraction of sp³-hybridized carbons (Fsp3) is 0.174. The Labute approximate surface area is 183 Å². The summed E-state index contributed by atoms with van der Waals surface area (Å²) in [6, 6.07) is 16.0. The third-order valence-electron chi connectivity index (χ3n) is 5.25. The topological polar surface area (TPSA) is 61.9 Å². The number of H-pyrrole nitrogens is 1. The summed E-state index contributed by atoms with van der Waals surface area (Å²) in [6.07, 6.45) is 4.19. The van der Waals surface area contributed by atoms with E-state index in [-0.39, 0.29) is 5.56 Å². The van der Waals surface area contributed by atoms with Crippen molar-refractivity contribution >= 4 is 22.9 Å². The molecule has 0 atom stereocenters. The zero-order valence-electron chi connectivity index (χ0n) is 16.1. The monoisotopic (exact) mass is 434 g/mol. The number of benzene rings is 1. The Kier molecular flexibility index (Phi) is 5.21. The second-order valence-corrected chi connectivity index (χ2v) is 8.92. The summed E-state index contributed by atoms with van der Waals surface area (Å²) in [5, 5.41) is 0.744. The van der Waals surface area contributed by atoms with Gasteiger partial charge < -0.3 is 4.98 Å². The molecule has 0 saturated heterocycles. The van der Waals surface area contributed by atoms with Gasteiger partial charge in [-0.1, -0.05) is 23.7 Å². The van der Waals surface area contributed by atoms with Crippen molar-refractivity contribution in [3.63, 3.8) is 0 Å². The number of halogens is 1. The van der Waals surface area contributed by atoms with Crippen LogP contribution in [0.3, 0.4) is 0 Å². The van der Waals surface area contributed by atoms with E-state index in [4.69, 9.17) is 16.6 Å². The number of aromatic nitrogens is 3. The number of hydrogen-bond donors (Lipinski definition) is 1. The molecule has 0 aliphatic carbocycles. The molecule has 5 rings (SSSR count). The molecule has 4 heterocycles. The molecule has 0 saturated carbocycles. The Morgan fingerprint density at radius 1 is 1.10 bits per heavy atom. The van der Waals surface area contributed by atoms with Gasteiger partial charge in [-0.15, -0.1) is 11.3 Å². The number of thiophene rings is 1. The van der Waals surface area contributed by atoms with Crippen molar-refractivity contribution in [3.8, 4) is 21.8 Å². The second kappa shape index (κ2) is 8.14. The van der Waals surface area contributed by atoms with E-state index in [0.717, 1.165) is 41.4 Å². The van der Waals surface area contributed by atoms with E-state index < -0.39 is 0 Å². The predicted octanol–water partition coefficient (Wildman–Crippen LogP) is 4.77. The van der Waals surface area contributed by atoms with Crippen LogP contribution in [0.4, 0.5) is 0 Å². The summed E-state index contributed by atoms with van der Waals surface area (Å²) in [6.45, 7) is 2.31. The molecule has 0 unspecified atom stereocenters. The van der Waals surface area contributed by atoms with Gasteiger partial charge in [-0.3, -0.25) is 14.7 Å². The number of fused-ring (bicyclic) bond motifs is 1. The highest BCUT2D eigenvalue weighted by Crippen LogP contribution is 2.30. The fourth-order valence-electron chi connectivity index (χ4n) is 3.71. The van der Waals surface area contributed by atoms with Crippen LogP contribution in [0.5, 0.6) is 0 Å². The summed E-state index contributed by atoms with van der Waals surface area (Å²) in [5.74, 6) is 0.589. The van der Waals surface area contributed by atoms with E-state index in [9.17, 15) is 4.79 Å². The maximum atomic E-state index is 12.7. The standard InChI is InChI=1S/C23H19ClN4OS/c24-17-5-3-15(4-6-17)21-8-7-18(30-21)13-28-11-9-20-19(14-28)23(29)27-22(26-20)16-2-1-10-25-12-16/h1-8,10,12H,9,11,13-14H2,(H,26,27,29). The van der Waals surface area contributed by atoms with E-state index in [2.05, 4.69) is 27.0 Å². The highest BCUT2D eigenvalue weighted by atomic mass is 35.5. The van der Waals surface area contributed by atoms with Gasteiger partial charge in [0.2, 0.25) is 0 Å². The lowest BCUT2D eigenvalue weighted by molar-refractivity contribution is 0.244. The number of pyridine rings is 1. The average Bonchev–Trinajstić information content (AvgIpc) is 3.23. The molecule has 0 spiro atoms. The van der Waals surface area contributed by atoms with Gasteiger partial charge in [-0.05, 0) is 42.0 Å². The lowest BCUT2D eigenvalue weighted by atomic mass is 10.1. The summed E-state index contributed by atoms with van der Waals surface area (Å²) in [4.78, 5) is 29.3. The van der Waals surface area contributed by atoms with Crippen LogP contribution in [-0.2, 0) is 19.5 Å². The van der Waals surface area contributed by atoms with Gasteiger partial charge in [-0.25, -0.2) is 4.98 Å². The molecule has 7 heteroatoms. The minimum atomic E-state index is -0.0587. The first-order chi connectivity index (χ1) is 14.7. The molecule has 30 heavy (non-hydrogen) atoms. The molecule has 4 aromatic rings. The molecule has 1 aromatic carbocycles. The molecular formula is C23H19ClN4OS. The SMILES string of the molecule is O=c1[nH]c(-c2cccnc2)nc2c1CN(Cc1ccc(-c3ccc(Cl)cc3)s1)CC2. The summed E-state index contributed by atoms with van der Waals surface area (Å²) in [7, 11) is 0. The molecule has 1 N–H and O–H groups in total. The molecule has 0 radical (unpaired) electrons. The highest BCUT2D eigenvalue weighted by molar-refractivity contribution is 7.15. The molecule has 150 valence electrons. The van der Waals surface area contributed by atoms with Crippen LogP contribution in [0.2, 0.25) is 5.02 Å². The zero-order valence-corrected chi connectivity index (χ0v) is 17.7. The minimum absolute atomic E-state index is 0.0587. The fourth-order valence-corrected chi connectivity index (χ4v) is 4.89. The Morgan fingerprint density at radius 3 is 2.77 bits per heavy atom. The van der Waals surface area contributed by atoms with E-state index in [1.807, 2.05) is 36.4 Å². The van der Waals surface area contributed by atoms with Crippen molar-refractivity contribution in [2.75, 3.05) is 6.54 Å². The van der Waals surface area contributed by atoms with Crippen molar-refractivity contribution in [1.82, 2.24) is 19.9 Å². The molecule has 1 aliphatic rings. The van der Waals surface area contributed by atoms with Crippen LogP contribution < -0.4 is 5.56 Å². The molecule has 0 amide bonds. The van der Waals surface area contributed by atoms with Crippen molar-refractivity contribution in [2.24, 2.45) is 0 Å². The van der Waals surface area contributed by atoms with Crippen molar-refractivity contribution in [3.05, 3.63) is 92.4 Å². The van der Waals surface area contributed by atoms with Gasteiger partial charge in [-0.2, -0.15) is 0 Å². The second-order valence-electron chi connectivity index (χ2n) is 7.31. The summed E-state index contributed by atoms with van der Waals surface area (Å²) < 4.78 is 0. The van der Waals surface area contributed by atoms with Gasteiger partial charge in [0.15, 0.2) is 0 Å². The lowest BCUT2D eigenvalue weighted by Gasteiger charge is -2.27. The van der Waals surface area contributed by atoms with Gasteiger partial charge in [0, 0.05) is 58.8 Å². The first-order valence-electron chi connectivity index (χ1n) is 9.75. The number of hydrogen-bond acceptors (Lipinski definition) is 5. The molecule has 5 nitrogen and oxygen atoms in total. The van der Waals surface area contributed by atoms with Crippen LogP contribution in [0.1, 0.15) is 16.1 Å². The normalized spacial score (nSPS) is 13.9. The lowest BCUT2D eigenvalue weighted by Crippen LogP contribution is -2.35. The van der Waals surface area contributed by atoms with Gasteiger partial charge >= 0.3 is 0 Å². The van der Waals surface area contributed by atoms with Gasteiger partial charge in [0.05, 0.1) is 11.3 Å². The average molecular weight is 435 g/mol. The minimum Gasteiger partial charge on any atom is -0.306 e. The molecule has 1 aliphatic heterocycles. The predicted molar refractivity (Wildman–Crippen MR) is 121 cm³/mol. The number of aromatic amines is 1. The molecular weight excluding hydrogens is 416 g/mol. The number of nitrogens with zero attached hydrogens (tertiary/aromatic N) is 3. The van der Waals surface area contributed by atoms with E-state index in [0.29, 0.717) is 12.4 Å². The van der Waals surface area contributed by atoms with Crippen LogP contribution in [0.15, 0.2) is 65.7 Å². The van der Waals surface area contributed by atoms with Crippen LogP contribution in [0.25, 0.3) is 21.8 Å². The molecule has 0 bridgehead atoms. The molecule has 0 fully saturated rings. The van der Waals surface area contributed by atoms with E-state index in [1.165, 1.54) is 15.3 Å². The Balaban J connectivity index is 1.33. The Bertz CT molecular complexity index is 1230. The smallest absolute Gasteiger partial charge is 0.255 e. The quantitative estimate of drug-likeness (QED) is 0.502. The highest BCUT2D eigenvalue weighted by Gasteiger charge is 2.22. The maximum Gasteiger partial charge on any atom is 0.255 e. The molecule has 3 aromatic heterocycles. The van der Waals surface area contributed by atoms with Gasteiger partial charge in [0.25, 0.3) is 5.56 Å². The largest absolute Gasteiger partial charge is 0.306 e. The summed E-state index contributed by atoms with van der Waals surface area (Å²) >= 11 is 7.77. The van der Waals surface area contributed by atoms with Crippen LogP contribution in [-0.4, -0.2) is 26.4 Å². The van der Waals surface area contributed by atoms with Crippen LogP contribution >= 0.6 is 22.9 Å². The first kappa shape index (κ1) is 19.2. The summed E-state index contributed by atoms with van der Waals surface area (Å²) in [5.41, 5.74) is 3.60.